The fourth-order valence-electron chi connectivity index (χ4n) is 3.38. The van der Waals surface area contributed by atoms with Crippen molar-refractivity contribution in [2.75, 3.05) is 25.0 Å². The molecule has 2 aromatic heterocycles. The summed E-state index contributed by atoms with van der Waals surface area (Å²) in [6.45, 7) is 9.37. The predicted molar refractivity (Wildman–Crippen MR) is 118 cm³/mol. The summed E-state index contributed by atoms with van der Waals surface area (Å²) in [5.41, 5.74) is 1.83. The quantitative estimate of drug-likeness (QED) is 0.455. The lowest BCUT2D eigenvalue weighted by molar-refractivity contribution is 0.0899. The number of nitrogens with one attached hydrogen (secondary N) is 1. The van der Waals surface area contributed by atoms with E-state index in [0.29, 0.717) is 19.8 Å². The molecule has 7 nitrogen and oxygen atoms in total. The highest BCUT2D eigenvalue weighted by Crippen LogP contribution is 2.32. The van der Waals surface area contributed by atoms with Crippen molar-refractivity contribution in [2.45, 2.75) is 51.3 Å². The van der Waals surface area contributed by atoms with Crippen LogP contribution in [0.3, 0.4) is 0 Å². The highest BCUT2D eigenvalue weighted by molar-refractivity contribution is 9.10. The number of halogens is 1. The second-order valence-corrected chi connectivity index (χ2v) is 15.0. The lowest BCUT2D eigenvalue weighted by Crippen LogP contribution is -2.44. The number of nitrogens with zero attached hydrogens (tertiary/aromatic N) is 3. The molecule has 0 saturated carbocycles. The average molecular weight is 469 g/mol. The molecule has 1 amide bonds. The van der Waals surface area contributed by atoms with Gasteiger partial charge in [-0.15, -0.1) is 0 Å². The number of rotatable bonds is 7. The molecule has 0 aliphatic carbocycles. The molecule has 0 bridgehead atoms. The van der Waals surface area contributed by atoms with Crippen molar-refractivity contribution in [1.82, 2.24) is 14.5 Å². The minimum absolute atomic E-state index is 0.0862. The second-order valence-electron chi connectivity index (χ2n) is 8.56. The van der Waals surface area contributed by atoms with Gasteiger partial charge in [-0.05, 0) is 40.9 Å². The Morgan fingerprint density at radius 3 is 2.96 bits per heavy atom. The van der Waals surface area contributed by atoms with Gasteiger partial charge in [-0.25, -0.2) is 9.78 Å². The van der Waals surface area contributed by atoms with Crippen LogP contribution in [0.25, 0.3) is 11.0 Å². The molecule has 2 N–H and O–H groups in total. The first-order chi connectivity index (χ1) is 13.2. The number of pyridine rings is 1. The van der Waals surface area contributed by atoms with Gasteiger partial charge >= 0.3 is 6.09 Å². The third kappa shape index (κ3) is 5.27. The largest absolute Gasteiger partial charge is 0.465 e. The molecule has 1 fully saturated rings. The molecule has 9 heteroatoms. The van der Waals surface area contributed by atoms with Crippen molar-refractivity contribution in [2.24, 2.45) is 0 Å². The highest BCUT2D eigenvalue weighted by atomic mass is 79.9. The van der Waals surface area contributed by atoms with Crippen LogP contribution in [-0.2, 0) is 11.5 Å². The van der Waals surface area contributed by atoms with Gasteiger partial charge in [0.2, 0.25) is 0 Å². The number of hydrogen-bond donors (Lipinski definition) is 2. The Kier molecular flexibility index (Phi) is 6.67. The third-order valence-corrected chi connectivity index (χ3v) is 7.31. The molecule has 3 heterocycles. The molecule has 0 aromatic carbocycles. The molecule has 28 heavy (non-hydrogen) atoms. The van der Waals surface area contributed by atoms with E-state index in [1.807, 2.05) is 16.8 Å². The van der Waals surface area contributed by atoms with Gasteiger partial charge in [0.05, 0.1) is 10.2 Å². The number of aromatic nitrogens is 2. The summed E-state index contributed by atoms with van der Waals surface area (Å²) in [4.78, 5) is 17.3. The summed E-state index contributed by atoms with van der Waals surface area (Å²) >= 11 is 3.59. The molecular weight excluding hydrogens is 440 g/mol. The average Bonchev–Trinajstić information content (AvgIpc) is 3.04. The Labute approximate surface area is 175 Å². The fraction of sp³-hybridized carbons (Fsp3) is 0.579. The van der Waals surface area contributed by atoms with Crippen LogP contribution in [0.15, 0.2) is 22.9 Å². The Balaban J connectivity index is 1.72. The van der Waals surface area contributed by atoms with Crippen molar-refractivity contribution in [3.8, 4) is 0 Å². The Hall–Kier alpha value is -1.58. The molecular formula is C19H29BrN4O3Si. The Bertz CT molecular complexity index is 836. The standard InChI is InChI=1S/C19H29BrN4O3Si/c1-28(2,3)10-9-27-13-24-8-6-15-17(16(20)11-21-18(15)24)22-14-5-4-7-23(12-14)19(25)26/h6,8,11,14H,4-5,7,9-10,12-13H2,1-3H3,(H,21,22)(H,25,26)/t14-/m1/s1. The Morgan fingerprint density at radius 1 is 1.46 bits per heavy atom. The number of carboxylic acid groups (broad SMARTS) is 1. The van der Waals surface area contributed by atoms with Gasteiger partial charge in [-0.2, -0.15) is 0 Å². The number of piperidine rings is 1. The molecule has 2 aromatic rings. The summed E-state index contributed by atoms with van der Waals surface area (Å²) < 4.78 is 8.77. The van der Waals surface area contributed by atoms with E-state index in [1.165, 1.54) is 4.90 Å². The maximum atomic E-state index is 11.3. The monoisotopic (exact) mass is 468 g/mol. The van der Waals surface area contributed by atoms with Gasteiger partial charge in [0.15, 0.2) is 0 Å². The van der Waals surface area contributed by atoms with Crippen LogP contribution in [0.5, 0.6) is 0 Å². The molecule has 0 unspecified atom stereocenters. The first-order valence-corrected chi connectivity index (χ1v) is 14.2. The lowest BCUT2D eigenvalue weighted by atomic mass is 10.1. The van der Waals surface area contributed by atoms with E-state index < -0.39 is 14.2 Å². The molecule has 1 aliphatic rings. The van der Waals surface area contributed by atoms with E-state index in [0.717, 1.165) is 46.7 Å². The number of likely N-dealkylation sites (tertiary alicyclic amines) is 1. The number of carbonyl (C=O) groups is 1. The summed E-state index contributed by atoms with van der Waals surface area (Å²) in [5, 5.41) is 13.8. The van der Waals surface area contributed by atoms with Crippen molar-refractivity contribution in [1.29, 1.82) is 0 Å². The predicted octanol–water partition coefficient (Wildman–Crippen LogP) is 4.67. The van der Waals surface area contributed by atoms with Crippen LogP contribution < -0.4 is 5.32 Å². The first kappa shape index (κ1) is 21.1. The van der Waals surface area contributed by atoms with E-state index >= 15 is 0 Å². The molecule has 1 saturated heterocycles. The maximum absolute atomic E-state index is 11.3. The van der Waals surface area contributed by atoms with Crippen molar-refractivity contribution in [3.05, 3.63) is 22.9 Å². The molecule has 1 atom stereocenters. The van der Waals surface area contributed by atoms with Crippen LogP contribution in [0.4, 0.5) is 10.5 Å². The van der Waals surface area contributed by atoms with E-state index in [4.69, 9.17) is 4.74 Å². The zero-order valence-electron chi connectivity index (χ0n) is 16.7. The minimum atomic E-state index is -1.10. The molecule has 3 rings (SSSR count). The molecule has 154 valence electrons. The van der Waals surface area contributed by atoms with Crippen LogP contribution in [-0.4, -0.2) is 59.5 Å². The van der Waals surface area contributed by atoms with Crippen LogP contribution in [0.2, 0.25) is 25.7 Å². The highest BCUT2D eigenvalue weighted by Gasteiger charge is 2.24. The second kappa shape index (κ2) is 8.83. The fourth-order valence-corrected chi connectivity index (χ4v) is 4.57. The van der Waals surface area contributed by atoms with Gasteiger partial charge in [0.25, 0.3) is 0 Å². The van der Waals surface area contributed by atoms with Crippen LogP contribution >= 0.6 is 15.9 Å². The normalized spacial score (nSPS) is 17.9. The van der Waals surface area contributed by atoms with E-state index in [1.54, 1.807) is 6.20 Å². The molecule has 1 aliphatic heterocycles. The summed E-state index contributed by atoms with van der Waals surface area (Å²) in [7, 11) is -1.10. The summed E-state index contributed by atoms with van der Waals surface area (Å²) in [6, 6.07) is 3.26. The zero-order chi connectivity index (χ0) is 20.3. The maximum Gasteiger partial charge on any atom is 0.407 e. The van der Waals surface area contributed by atoms with Crippen molar-refractivity contribution in [3.63, 3.8) is 0 Å². The number of hydrogen-bond acceptors (Lipinski definition) is 4. The summed E-state index contributed by atoms with van der Waals surface area (Å²) in [6.07, 6.45) is 4.74. The number of ether oxygens (including phenoxy) is 1. The van der Waals surface area contributed by atoms with Gasteiger partial charge in [-0.3, -0.25) is 0 Å². The summed E-state index contributed by atoms with van der Waals surface area (Å²) in [5.74, 6) is 0. The van der Waals surface area contributed by atoms with Crippen molar-refractivity contribution < 1.29 is 14.6 Å². The zero-order valence-corrected chi connectivity index (χ0v) is 19.3. The van der Waals surface area contributed by atoms with Crippen molar-refractivity contribution >= 4 is 46.8 Å². The molecule has 0 radical (unpaired) electrons. The number of anilines is 1. The van der Waals surface area contributed by atoms with E-state index in [-0.39, 0.29) is 6.04 Å². The number of fused-ring (bicyclic) bond motifs is 1. The van der Waals surface area contributed by atoms with Gasteiger partial charge < -0.3 is 24.6 Å². The minimum Gasteiger partial charge on any atom is -0.465 e. The third-order valence-electron chi connectivity index (χ3n) is 5.01. The smallest absolute Gasteiger partial charge is 0.407 e. The van der Waals surface area contributed by atoms with Gasteiger partial charge in [0.1, 0.15) is 12.4 Å². The molecule has 0 spiro atoms. The lowest BCUT2D eigenvalue weighted by Gasteiger charge is -2.32. The SMILES string of the molecule is C[Si](C)(C)CCOCn1ccc2c(N[C@@H]3CCCN(C(=O)O)C3)c(Br)cnc21. The van der Waals surface area contributed by atoms with Gasteiger partial charge in [0, 0.05) is 51.6 Å². The number of amides is 1. The van der Waals surface area contributed by atoms with Crippen LogP contribution in [0, 0.1) is 0 Å². The van der Waals surface area contributed by atoms with Gasteiger partial charge in [-0.1, -0.05) is 19.6 Å². The first-order valence-electron chi connectivity index (χ1n) is 9.70. The van der Waals surface area contributed by atoms with E-state index in [2.05, 4.69) is 45.9 Å². The van der Waals surface area contributed by atoms with E-state index in [9.17, 15) is 9.90 Å². The van der Waals surface area contributed by atoms with Crippen LogP contribution in [0.1, 0.15) is 12.8 Å². The Morgan fingerprint density at radius 2 is 2.25 bits per heavy atom. The topological polar surface area (TPSA) is 79.6 Å².